The maximum absolute atomic E-state index is 6.21. The minimum atomic E-state index is -2.53. The molecular weight excluding hydrogens is 374 g/mol. The van der Waals surface area contributed by atoms with Crippen LogP contribution in [0.3, 0.4) is 0 Å². The van der Waals surface area contributed by atoms with Gasteiger partial charge in [0.2, 0.25) is 0 Å². The summed E-state index contributed by atoms with van der Waals surface area (Å²) in [5.74, 6) is 0. The highest BCUT2D eigenvalue weighted by atomic mass is 28.4. The van der Waals surface area contributed by atoms with E-state index in [9.17, 15) is 0 Å². The first-order valence-corrected chi connectivity index (χ1v) is 15.4. The van der Waals surface area contributed by atoms with Gasteiger partial charge in [-0.2, -0.15) is 0 Å². The summed E-state index contributed by atoms with van der Waals surface area (Å²) < 4.78 is 20.5. The summed E-state index contributed by atoms with van der Waals surface area (Å²) >= 11 is 0. The topological polar surface area (TPSA) is 46.2 Å². The van der Waals surface area contributed by atoms with Crippen molar-refractivity contribution in [1.82, 2.24) is 14.8 Å². The Balaban J connectivity index is 2.39. The van der Waals surface area contributed by atoms with Gasteiger partial charge in [0.15, 0.2) is 0 Å². The van der Waals surface area contributed by atoms with Gasteiger partial charge in [-0.05, 0) is 44.6 Å². The second-order valence-corrected chi connectivity index (χ2v) is 16.0. The van der Waals surface area contributed by atoms with Gasteiger partial charge < -0.3 is 28.1 Å². The van der Waals surface area contributed by atoms with Gasteiger partial charge in [-0.3, -0.25) is 0 Å². The van der Waals surface area contributed by atoms with Crippen molar-refractivity contribution in [3.63, 3.8) is 0 Å². The summed E-state index contributed by atoms with van der Waals surface area (Å²) in [6.07, 6.45) is 2.12. The number of rotatable bonds is 15. The minimum absolute atomic E-state index is 0.727. The molecule has 1 aliphatic heterocycles. The van der Waals surface area contributed by atoms with Crippen molar-refractivity contribution in [3.05, 3.63) is 0 Å². The standard InChI is InChI=1S/C19H45N3O3Si2/c1-7-26(8-2,9-3)21(4)14-11-19-27(23-5,24-6)25-18-10-15-22-16-12-20-13-17-22/h20H,7-19H2,1-6H3. The molecule has 0 amide bonds. The van der Waals surface area contributed by atoms with E-state index in [4.69, 9.17) is 13.3 Å². The van der Waals surface area contributed by atoms with Gasteiger partial charge >= 0.3 is 8.80 Å². The van der Waals surface area contributed by atoms with Gasteiger partial charge in [-0.1, -0.05) is 20.8 Å². The number of piperazine rings is 1. The van der Waals surface area contributed by atoms with E-state index >= 15 is 0 Å². The fourth-order valence-electron chi connectivity index (χ4n) is 4.26. The number of hydrogen-bond acceptors (Lipinski definition) is 6. The number of hydrogen-bond donors (Lipinski definition) is 1. The lowest BCUT2D eigenvalue weighted by molar-refractivity contribution is 0.0912. The lowest BCUT2D eigenvalue weighted by Crippen LogP contribution is -2.51. The van der Waals surface area contributed by atoms with Crippen molar-refractivity contribution < 1.29 is 13.3 Å². The van der Waals surface area contributed by atoms with Crippen LogP contribution in [0.5, 0.6) is 0 Å². The first kappa shape index (κ1) is 25.2. The molecule has 1 heterocycles. The lowest BCUT2D eigenvalue weighted by Gasteiger charge is -2.38. The van der Waals surface area contributed by atoms with Crippen molar-refractivity contribution in [1.29, 1.82) is 0 Å². The normalized spacial score (nSPS) is 17.0. The van der Waals surface area contributed by atoms with Gasteiger partial charge in [0.05, 0.1) is 0 Å². The van der Waals surface area contributed by atoms with E-state index in [0.29, 0.717) is 0 Å². The maximum Gasteiger partial charge on any atom is 0.500 e. The van der Waals surface area contributed by atoms with Crippen LogP contribution in [-0.4, -0.2) is 93.6 Å². The molecule has 0 bridgehead atoms. The van der Waals surface area contributed by atoms with E-state index in [2.05, 4.69) is 42.6 Å². The molecule has 0 unspecified atom stereocenters. The molecule has 0 spiro atoms. The average molecular weight is 420 g/mol. The van der Waals surface area contributed by atoms with Crippen LogP contribution in [0.1, 0.15) is 33.6 Å². The molecule has 1 N–H and O–H groups in total. The Morgan fingerprint density at radius 1 is 0.963 bits per heavy atom. The Labute approximate surface area is 170 Å². The number of nitrogens with one attached hydrogen (secondary N) is 1. The molecule has 8 heteroatoms. The second kappa shape index (κ2) is 13.4. The molecule has 0 aromatic carbocycles. The van der Waals surface area contributed by atoms with E-state index in [-0.39, 0.29) is 0 Å². The Kier molecular flexibility index (Phi) is 12.5. The van der Waals surface area contributed by atoms with Gasteiger partial charge in [0, 0.05) is 59.6 Å². The van der Waals surface area contributed by atoms with E-state index < -0.39 is 17.0 Å². The summed E-state index contributed by atoms with van der Waals surface area (Å²) in [6, 6.07) is 4.89. The van der Waals surface area contributed by atoms with E-state index in [1.54, 1.807) is 14.2 Å². The first-order valence-electron chi connectivity index (χ1n) is 10.9. The summed E-state index contributed by atoms with van der Waals surface area (Å²) in [7, 11) is 2.02. The molecule has 0 aromatic rings. The summed E-state index contributed by atoms with van der Waals surface area (Å²) in [5, 5.41) is 3.40. The van der Waals surface area contributed by atoms with Crippen LogP contribution >= 0.6 is 0 Å². The molecule has 1 aliphatic rings. The summed E-state index contributed by atoms with van der Waals surface area (Å²) in [4.78, 5) is 2.50. The monoisotopic (exact) mass is 419 g/mol. The van der Waals surface area contributed by atoms with Crippen LogP contribution in [0.2, 0.25) is 24.2 Å². The Hall–Kier alpha value is 0.194. The quantitative estimate of drug-likeness (QED) is 0.325. The zero-order chi connectivity index (χ0) is 20.2. The third kappa shape index (κ3) is 7.85. The maximum atomic E-state index is 6.21. The minimum Gasteiger partial charge on any atom is -0.377 e. The second-order valence-electron chi connectivity index (χ2n) is 7.70. The lowest BCUT2D eigenvalue weighted by atomic mass is 10.3. The summed E-state index contributed by atoms with van der Waals surface area (Å²) in [6.45, 7) is 14.5. The molecule has 162 valence electrons. The van der Waals surface area contributed by atoms with Gasteiger partial charge in [0.1, 0.15) is 8.24 Å². The third-order valence-corrected chi connectivity index (χ3v) is 15.2. The van der Waals surface area contributed by atoms with Gasteiger partial charge in [-0.15, -0.1) is 0 Å². The molecule has 1 rings (SSSR count). The highest BCUT2D eigenvalue weighted by molar-refractivity contribution is 6.76. The van der Waals surface area contributed by atoms with Crippen LogP contribution < -0.4 is 5.32 Å². The Morgan fingerprint density at radius 2 is 1.56 bits per heavy atom. The molecule has 27 heavy (non-hydrogen) atoms. The highest BCUT2D eigenvalue weighted by Gasteiger charge is 2.39. The van der Waals surface area contributed by atoms with Crippen LogP contribution in [0, 0.1) is 0 Å². The molecule has 1 saturated heterocycles. The van der Waals surface area contributed by atoms with Crippen LogP contribution in [0.4, 0.5) is 0 Å². The third-order valence-electron chi connectivity index (χ3n) is 6.53. The van der Waals surface area contributed by atoms with Crippen LogP contribution in [0.15, 0.2) is 0 Å². The molecule has 0 saturated carbocycles. The molecule has 0 atom stereocenters. The van der Waals surface area contributed by atoms with Crippen molar-refractivity contribution >= 4 is 17.0 Å². The Bertz CT molecular complexity index is 369. The molecular formula is C19H45N3O3Si2. The molecule has 0 aliphatic carbocycles. The van der Waals surface area contributed by atoms with Crippen LogP contribution in [0.25, 0.3) is 0 Å². The van der Waals surface area contributed by atoms with E-state index in [0.717, 1.165) is 64.8 Å². The van der Waals surface area contributed by atoms with Crippen molar-refractivity contribution in [3.8, 4) is 0 Å². The first-order chi connectivity index (χ1) is 13.0. The van der Waals surface area contributed by atoms with Crippen molar-refractivity contribution in [2.24, 2.45) is 0 Å². The van der Waals surface area contributed by atoms with Crippen molar-refractivity contribution in [2.45, 2.75) is 57.8 Å². The average Bonchev–Trinajstić information content (AvgIpc) is 2.72. The highest BCUT2D eigenvalue weighted by Crippen LogP contribution is 2.25. The Morgan fingerprint density at radius 3 is 2.07 bits per heavy atom. The molecule has 6 nitrogen and oxygen atoms in total. The SMILES string of the molecule is CC[Si](CC)(CC)N(C)CCC[Si](OC)(OC)OCCCN1CCNCC1. The largest absolute Gasteiger partial charge is 0.500 e. The predicted octanol–water partition coefficient (Wildman–Crippen LogP) is 2.86. The van der Waals surface area contributed by atoms with Crippen LogP contribution in [-0.2, 0) is 13.3 Å². The fourth-order valence-corrected chi connectivity index (χ4v) is 10.0. The fraction of sp³-hybridized carbons (Fsp3) is 1.00. The zero-order valence-electron chi connectivity index (χ0n) is 18.8. The van der Waals surface area contributed by atoms with Crippen molar-refractivity contribution in [2.75, 3.05) is 67.1 Å². The predicted molar refractivity (Wildman–Crippen MR) is 119 cm³/mol. The zero-order valence-corrected chi connectivity index (χ0v) is 20.8. The van der Waals surface area contributed by atoms with Gasteiger partial charge in [-0.25, -0.2) is 0 Å². The smallest absolute Gasteiger partial charge is 0.377 e. The summed E-state index contributed by atoms with van der Waals surface area (Å²) in [5.41, 5.74) is 0. The number of nitrogens with zero attached hydrogens (tertiary/aromatic N) is 2. The van der Waals surface area contributed by atoms with Gasteiger partial charge in [0.25, 0.3) is 0 Å². The molecule has 0 radical (unpaired) electrons. The molecule has 1 fully saturated rings. The van der Waals surface area contributed by atoms with E-state index in [1.165, 1.54) is 18.1 Å². The van der Waals surface area contributed by atoms with E-state index in [1.807, 2.05) is 0 Å². The molecule has 0 aromatic heterocycles.